The summed E-state index contributed by atoms with van der Waals surface area (Å²) in [6, 6.07) is 1.91. The maximum Gasteiger partial charge on any atom is 0.220 e. The maximum atomic E-state index is 12.1. The van der Waals surface area contributed by atoms with E-state index in [1.807, 2.05) is 19.9 Å². The zero-order valence-corrected chi connectivity index (χ0v) is 14.8. The SMILES string of the molecule is Cc1cc(C(=O)CCC(=O)NCCCOCC(C)C)c(C)s1. The number of carbonyl (C=O) groups excluding carboxylic acids is 2. The third kappa shape index (κ3) is 7.18. The van der Waals surface area contributed by atoms with E-state index in [9.17, 15) is 9.59 Å². The maximum absolute atomic E-state index is 12.1. The van der Waals surface area contributed by atoms with Crippen LogP contribution in [0.4, 0.5) is 0 Å². The molecule has 1 N–H and O–H groups in total. The lowest BCUT2D eigenvalue weighted by Gasteiger charge is -2.07. The van der Waals surface area contributed by atoms with Gasteiger partial charge in [0.1, 0.15) is 0 Å². The number of rotatable bonds is 10. The summed E-state index contributed by atoms with van der Waals surface area (Å²) < 4.78 is 5.44. The van der Waals surface area contributed by atoms with Gasteiger partial charge in [-0.05, 0) is 32.3 Å². The summed E-state index contributed by atoms with van der Waals surface area (Å²) in [5, 5.41) is 2.83. The number of ketones is 1. The van der Waals surface area contributed by atoms with E-state index >= 15 is 0 Å². The fraction of sp³-hybridized carbons (Fsp3) is 0.647. The average molecular weight is 325 g/mol. The molecule has 0 aliphatic carbocycles. The van der Waals surface area contributed by atoms with Crippen LogP contribution in [0.15, 0.2) is 6.07 Å². The third-order valence-corrected chi connectivity index (χ3v) is 4.13. The zero-order chi connectivity index (χ0) is 16.5. The highest BCUT2D eigenvalue weighted by molar-refractivity contribution is 7.12. The smallest absolute Gasteiger partial charge is 0.220 e. The summed E-state index contributed by atoms with van der Waals surface area (Å²) in [6.45, 7) is 10.2. The average Bonchev–Trinajstić information content (AvgIpc) is 2.78. The van der Waals surface area contributed by atoms with Crippen LogP contribution in [-0.4, -0.2) is 31.4 Å². The predicted molar refractivity (Wildman–Crippen MR) is 90.6 cm³/mol. The van der Waals surface area contributed by atoms with Crippen molar-refractivity contribution < 1.29 is 14.3 Å². The fourth-order valence-electron chi connectivity index (χ4n) is 2.08. The highest BCUT2D eigenvalue weighted by atomic mass is 32.1. The summed E-state index contributed by atoms with van der Waals surface area (Å²) in [5.41, 5.74) is 0.761. The zero-order valence-electron chi connectivity index (χ0n) is 14.0. The van der Waals surface area contributed by atoms with Crippen molar-refractivity contribution >= 4 is 23.0 Å². The van der Waals surface area contributed by atoms with E-state index in [1.54, 1.807) is 11.3 Å². The minimum absolute atomic E-state index is 0.0530. The van der Waals surface area contributed by atoms with Crippen molar-refractivity contribution in [2.24, 2.45) is 5.92 Å². The molecule has 0 radical (unpaired) electrons. The minimum Gasteiger partial charge on any atom is -0.381 e. The molecule has 0 saturated heterocycles. The standard InChI is InChI=1S/C17H27NO3S/c1-12(2)11-21-9-5-8-18-17(20)7-6-16(19)15-10-13(3)22-14(15)4/h10,12H,5-9,11H2,1-4H3,(H,18,20). The lowest BCUT2D eigenvalue weighted by Crippen LogP contribution is -2.25. The summed E-state index contributed by atoms with van der Waals surface area (Å²) in [5.74, 6) is 0.517. The molecule has 1 rings (SSSR count). The second-order valence-corrected chi connectivity index (χ2v) is 7.38. The Morgan fingerprint density at radius 2 is 2.00 bits per heavy atom. The van der Waals surface area contributed by atoms with Crippen LogP contribution in [0.1, 0.15) is 53.2 Å². The van der Waals surface area contributed by atoms with Crippen LogP contribution in [0.3, 0.4) is 0 Å². The van der Waals surface area contributed by atoms with Crippen LogP contribution in [0.2, 0.25) is 0 Å². The lowest BCUT2D eigenvalue weighted by atomic mass is 10.1. The summed E-state index contributed by atoms with van der Waals surface area (Å²) >= 11 is 1.62. The number of hydrogen-bond acceptors (Lipinski definition) is 4. The van der Waals surface area contributed by atoms with Gasteiger partial charge < -0.3 is 10.1 Å². The Morgan fingerprint density at radius 1 is 1.27 bits per heavy atom. The molecule has 0 saturated carbocycles. The van der Waals surface area contributed by atoms with Crippen molar-refractivity contribution in [1.29, 1.82) is 0 Å². The Balaban J connectivity index is 2.15. The first-order valence-corrected chi connectivity index (χ1v) is 8.66. The van der Waals surface area contributed by atoms with Crippen molar-refractivity contribution in [3.63, 3.8) is 0 Å². The van der Waals surface area contributed by atoms with Crippen molar-refractivity contribution in [2.75, 3.05) is 19.8 Å². The third-order valence-electron chi connectivity index (χ3n) is 3.16. The number of amides is 1. The van der Waals surface area contributed by atoms with Gasteiger partial charge in [-0.1, -0.05) is 13.8 Å². The van der Waals surface area contributed by atoms with Gasteiger partial charge in [0.05, 0.1) is 0 Å². The Hall–Kier alpha value is -1.20. The number of thiophene rings is 1. The van der Waals surface area contributed by atoms with Crippen molar-refractivity contribution in [3.8, 4) is 0 Å². The van der Waals surface area contributed by atoms with E-state index in [0.29, 0.717) is 19.1 Å². The summed E-state index contributed by atoms with van der Waals surface area (Å²) in [6.07, 6.45) is 1.32. The van der Waals surface area contributed by atoms with E-state index in [2.05, 4.69) is 19.2 Å². The minimum atomic E-state index is -0.0678. The van der Waals surface area contributed by atoms with Crippen molar-refractivity contribution in [1.82, 2.24) is 5.32 Å². The van der Waals surface area contributed by atoms with Crippen molar-refractivity contribution in [3.05, 3.63) is 21.4 Å². The van der Waals surface area contributed by atoms with Crippen LogP contribution < -0.4 is 5.32 Å². The molecule has 1 amide bonds. The molecular formula is C17H27NO3S. The molecular weight excluding hydrogens is 298 g/mol. The van der Waals surface area contributed by atoms with Crippen LogP contribution >= 0.6 is 11.3 Å². The van der Waals surface area contributed by atoms with Crippen LogP contribution in [0.25, 0.3) is 0 Å². The molecule has 1 aromatic rings. The summed E-state index contributed by atoms with van der Waals surface area (Å²) in [4.78, 5) is 25.9. The predicted octanol–water partition coefficient (Wildman–Crippen LogP) is 3.51. The van der Waals surface area contributed by atoms with Gasteiger partial charge in [-0.3, -0.25) is 9.59 Å². The molecule has 0 bridgehead atoms. The molecule has 0 spiro atoms. The topological polar surface area (TPSA) is 55.4 Å². The normalized spacial score (nSPS) is 11.0. The van der Waals surface area contributed by atoms with Gasteiger partial charge in [-0.15, -0.1) is 11.3 Å². The van der Waals surface area contributed by atoms with Gasteiger partial charge in [-0.25, -0.2) is 0 Å². The first-order chi connectivity index (χ1) is 10.4. The molecule has 0 aliphatic heterocycles. The number of Topliss-reactive ketones (excluding diaryl/α,β-unsaturated/α-hetero) is 1. The number of aryl methyl sites for hydroxylation is 2. The summed E-state index contributed by atoms with van der Waals surface area (Å²) in [7, 11) is 0. The molecule has 22 heavy (non-hydrogen) atoms. The number of ether oxygens (including phenoxy) is 1. The molecule has 0 unspecified atom stereocenters. The van der Waals surface area contributed by atoms with E-state index in [0.717, 1.165) is 28.3 Å². The molecule has 0 aromatic carbocycles. The number of carbonyl (C=O) groups is 2. The Labute approximate surface area is 137 Å². The van der Waals surface area contributed by atoms with Gasteiger partial charge in [0.25, 0.3) is 0 Å². The van der Waals surface area contributed by atoms with Crippen LogP contribution in [0, 0.1) is 19.8 Å². The monoisotopic (exact) mass is 325 g/mol. The van der Waals surface area contributed by atoms with Gasteiger partial charge in [-0.2, -0.15) is 0 Å². The molecule has 5 heteroatoms. The Morgan fingerprint density at radius 3 is 2.59 bits per heavy atom. The first kappa shape index (κ1) is 18.8. The van der Waals surface area contributed by atoms with Crippen molar-refractivity contribution in [2.45, 2.75) is 47.0 Å². The van der Waals surface area contributed by atoms with Gasteiger partial charge in [0.2, 0.25) is 5.91 Å². The largest absolute Gasteiger partial charge is 0.381 e. The molecule has 0 aliphatic rings. The Kier molecular flexibility index (Phi) is 8.35. The lowest BCUT2D eigenvalue weighted by molar-refractivity contribution is -0.121. The van der Waals surface area contributed by atoms with Gasteiger partial charge >= 0.3 is 0 Å². The fourth-order valence-corrected chi connectivity index (χ4v) is 3.02. The van der Waals surface area contributed by atoms with Gasteiger partial charge in [0, 0.05) is 47.9 Å². The molecule has 0 fully saturated rings. The highest BCUT2D eigenvalue weighted by Crippen LogP contribution is 2.22. The van der Waals surface area contributed by atoms with Crippen LogP contribution in [-0.2, 0) is 9.53 Å². The number of nitrogens with one attached hydrogen (secondary N) is 1. The van der Waals surface area contributed by atoms with Gasteiger partial charge in [0.15, 0.2) is 5.78 Å². The van der Waals surface area contributed by atoms with E-state index < -0.39 is 0 Å². The van der Waals surface area contributed by atoms with E-state index in [1.165, 1.54) is 0 Å². The first-order valence-electron chi connectivity index (χ1n) is 7.84. The van der Waals surface area contributed by atoms with Crippen LogP contribution in [0.5, 0.6) is 0 Å². The van der Waals surface area contributed by atoms with E-state index in [-0.39, 0.29) is 24.5 Å². The molecule has 1 heterocycles. The quantitative estimate of drug-likeness (QED) is 0.529. The van der Waals surface area contributed by atoms with E-state index in [4.69, 9.17) is 4.74 Å². The highest BCUT2D eigenvalue weighted by Gasteiger charge is 2.13. The molecule has 124 valence electrons. The second kappa shape index (κ2) is 9.74. The molecule has 1 aromatic heterocycles. The second-order valence-electron chi connectivity index (χ2n) is 5.92. The Bertz CT molecular complexity index is 494. The molecule has 0 atom stereocenters. The number of hydrogen-bond donors (Lipinski definition) is 1. The molecule has 4 nitrogen and oxygen atoms in total.